The molecule has 1 aromatic rings. The number of rotatable bonds is 11. The molecule has 1 heterocycles. The van der Waals surface area contributed by atoms with Crippen LogP contribution in [0.25, 0.3) is 0 Å². The van der Waals surface area contributed by atoms with Crippen LogP contribution < -0.4 is 4.90 Å². The van der Waals surface area contributed by atoms with E-state index in [9.17, 15) is 5.11 Å². The van der Waals surface area contributed by atoms with E-state index < -0.39 is 0 Å². The molecule has 27 atom stereocenters. The summed E-state index contributed by atoms with van der Waals surface area (Å²) in [5, 5.41) is 10.6. The fourth-order valence-electron chi connectivity index (χ4n) is 26.8. The normalized spacial score (nSPS) is 60.3. The Morgan fingerprint density at radius 1 is 0.617 bits per heavy atom. The monoisotopic (exact) mass is 798 g/mol. The minimum absolute atomic E-state index is 0.447. The van der Waals surface area contributed by atoms with E-state index in [-0.39, 0.29) is 0 Å². The molecule has 0 aromatic heterocycles. The molecule has 2 nitrogen and oxygen atoms in total. The van der Waals surface area contributed by atoms with Crippen molar-refractivity contribution in [1.29, 1.82) is 0 Å². The third-order valence-electron chi connectivity index (χ3n) is 26.3. The Kier molecular flexibility index (Phi) is 6.01. The minimum atomic E-state index is 0.447. The second-order valence-electron chi connectivity index (χ2n) is 26.6. The molecule has 0 radical (unpaired) electrons. The lowest BCUT2D eigenvalue weighted by Gasteiger charge is -2.62. The fraction of sp³-hybridized carbons (Fsp3) is 0.793. The van der Waals surface area contributed by atoms with Gasteiger partial charge in [0.05, 0.1) is 0 Å². The second kappa shape index (κ2) is 10.8. The van der Waals surface area contributed by atoms with Crippen molar-refractivity contribution in [3.63, 3.8) is 0 Å². The summed E-state index contributed by atoms with van der Waals surface area (Å²) in [5.41, 5.74) is 12.7. The lowest BCUT2D eigenvalue weighted by Crippen LogP contribution is -2.60. The van der Waals surface area contributed by atoms with E-state index in [1.165, 1.54) is 95.7 Å². The Labute approximate surface area is 360 Å². The van der Waals surface area contributed by atoms with Crippen molar-refractivity contribution in [1.82, 2.24) is 0 Å². The van der Waals surface area contributed by atoms with Gasteiger partial charge in [-0.05, 0) is 212 Å². The molecule has 0 amide bonds. The van der Waals surface area contributed by atoms with Gasteiger partial charge < -0.3 is 10.0 Å². The van der Waals surface area contributed by atoms with Crippen LogP contribution >= 0.6 is 0 Å². The molecule has 314 valence electrons. The number of allylic oxidation sites excluding steroid dienone is 5. The van der Waals surface area contributed by atoms with Gasteiger partial charge >= 0.3 is 0 Å². The first kappa shape index (κ1) is 33.5. The average Bonchev–Trinajstić information content (AvgIpc) is 4.11. The highest BCUT2D eigenvalue weighted by molar-refractivity contribution is 5.60. The van der Waals surface area contributed by atoms with Gasteiger partial charge in [-0.25, -0.2) is 0 Å². The average molecular weight is 798 g/mol. The number of hydrogen-bond donors (Lipinski definition) is 1. The van der Waals surface area contributed by atoms with Gasteiger partial charge in [-0.2, -0.15) is 0 Å². The number of anilines is 1. The van der Waals surface area contributed by atoms with Crippen molar-refractivity contribution < 1.29 is 5.11 Å². The largest absolute Gasteiger partial charge is 0.508 e. The van der Waals surface area contributed by atoms with Crippen LogP contribution in [0, 0.1) is 153 Å². The molecule has 13 fully saturated rings. The summed E-state index contributed by atoms with van der Waals surface area (Å²) < 4.78 is 0. The van der Waals surface area contributed by atoms with E-state index in [1.54, 1.807) is 25.7 Å². The number of benzene rings is 1. The van der Waals surface area contributed by atoms with Gasteiger partial charge in [-0.3, -0.25) is 0 Å². The van der Waals surface area contributed by atoms with Gasteiger partial charge in [-0.15, -0.1) is 0 Å². The molecule has 60 heavy (non-hydrogen) atoms. The summed E-state index contributed by atoms with van der Waals surface area (Å²) >= 11 is 0. The maximum absolute atomic E-state index is 10.6. The second-order valence-corrected chi connectivity index (χ2v) is 26.6. The molecule has 1 aromatic carbocycles. The number of hydrogen-bond acceptors (Lipinski definition) is 2. The highest BCUT2D eigenvalue weighted by Crippen LogP contribution is 2.92. The zero-order valence-electron chi connectivity index (χ0n) is 36.5. The number of fused-ring (bicyclic) bond motifs is 1. The predicted molar refractivity (Wildman–Crippen MR) is 235 cm³/mol. The van der Waals surface area contributed by atoms with Crippen LogP contribution in [-0.4, -0.2) is 17.7 Å². The molecule has 2 heteroatoms. The Hall–Kier alpha value is -1.96. The molecular weight excluding hydrogens is 727 g/mol. The Morgan fingerprint density at radius 3 is 2.17 bits per heavy atom. The van der Waals surface area contributed by atoms with Gasteiger partial charge in [0.25, 0.3) is 0 Å². The zero-order chi connectivity index (χ0) is 38.4. The molecule has 27 unspecified atom stereocenters. The molecular formula is C58H71NO. The molecule has 12 saturated carbocycles. The van der Waals surface area contributed by atoms with E-state index in [0.717, 1.165) is 148 Å². The van der Waals surface area contributed by atoms with E-state index in [0.29, 0.717) is 17.2 Å². The van der Waals surface area contributed by atoms with Crippen LogP contribution in [0.2, 0.25) is 0 Å². The molecule has 1 N–H and O–H groups in total. The third-order valence-corrected chi connectivity index (χ3v) is 26.3. The summed E-state index contributed by atoms with van der Waals surface area (Å²) in [7, 11) is 0. The molecule has 1 saturated heterocycles. The van der Waals surface area contributed by atoms with E-state index in [2.05, 4.69) is 57.9 Å². The number of nitrogens with zero attached hydrogens (tertiary/aromatic N) is 1. The lowest BCUT2D eigenvalue weighted by molar-refractivity contribution is -0.146. The molecule has 0 bridgehead atoms. The van der Waals surface area contributed by atoms with Crippen LogP contribution in [0.15, 0.2) is 58.2 Å². The summed E-state index contributed by atoms with van der Waals surface area (Å²) in [4.78, 5) is 3.08. The SMILES string of the molecule is CCCCCCCCCCCC1N(c2ccc(O)cc2)CC2C3=C4C5C6=C(C3)CC3CC7=CC8CC9CC%10CC%11CC21C1C4C2C5C4C(C63)C7C3C8C9C5C%10C(C2C5C34)C%111. The zero-order valence-corrected chi connectivity index (χ0v) is 36.5. The first-order chi connectivity index (χ1) is 29.7. The van der Waals surface area contributed by atoms with Crippen LogP contribution in [0.3, 0.4) is 0 Å². The van der Waals surface area contributed by atoms with Gasteiger partial charge in [0.1, 0.15) is 5.75 Å². The number of phenols is 1. The Bertz CT molecular complexity index is 2250. The Morgan fingerprint density at radius 2 is 1.32 bits per heavy atom. The van der Waals surface area contributed by atoms with Crippen molar-refractivity contribution in [3.05, 3.63) is 58.2 Å². The molecule has 1 spiro atoms. The van der Waals surface area contributed by atoms with Crippen LogP contribution in [0.4, 0.5) is 5.69 Å². The van der Waals surface area contributed by atoms with Crippen molar-refractivity contribution in [2.24, 2.45) is 153 Å². The minimum Gasteiger partial charge on any atom is -0.508 e. The van der Waals surface area contributed by atoms with Crippen LogP contribution in [-0.2, 0) is 0 Å². The van der Waals surface area contributed by atoms with Crippen LogP contribution in [0.5, 0.6) is 5.75 Å². The maximum Gasteiger partial charge on any atom is 0.115 e. The third kappa shape index (κ3) is 3.32. The Balaban J connectivity index is 0.837. The number of phenolic OH excluding ortho intramolecular Hbond substituents is 1. The summed E-state index contributed by atoms with van der Waals surface area (Å²) in [6, 6.07) is 9.47. The summed E-state index contributed by atoms with van der Waals surface area (Å²) in [5.74, 6) is 26.6. The highest BCUT2D eigenvalue weighted by Gasteiger charge is 2.88. The van der Waals surface area contributed by atoms with Crippen molar-refractivity contribution in [3.8, 4) is 5.75 Å². The van der Waals surface area contributed by atoms with E-state index in [1.807, 2.05) is 12.1 Å². The summed E-state index contributed by atoms with van der Waals surface area (Å²) in [6.07, 6.45) is 28.5. The number of unbranched alkanes of at least 4 members (excludes halogenated alkanes) is 8. The standard InChI is InChI=1S/C58H71NO/c1-2-3-4-5-6-7-8-9-10-11-36-58-23-31-21-29-19-26-16-25-17-28-18-27-20-30-22-34(35(58)24-59(36)32-12-14-33(60)15-13-32)44-49-40(30)39(27)46-41(28)45-37(25)38(26)47-42(29)48-43(31)57(58)56(44)55-53(48)51(47)50(45)52(46)54(49)55/h12-15,17,25-27,29,31,35-39,41-43,45-57,60H,2-11,16,18-24H2,1H3. The highest BCUT2D eigenvalue weighted by atomic mass is 16.3. The first-order valence-corrected chi connectivity index (χ1v) is 27.4. The maximum atomic E-state index is 10.6. The first-order valence-electron chi connectivity index (χ1n) is 27.4. The molecule has 16 aliphatic carbocycles. The van der Waals surface area contributed by atoms with E-state index in [4.69, 9.17) is 0 Å². The smallest absolute Gasteiger partial charge is 0.115 e. The quantitative estimate of drug-likeness (QED) is 0.178. The topological polar surface area (TPSA) is 23.5 Å². The fourth-order valence-corrected chi connectivity index (χ4v) is 26.8. The van der Waals surface area contributed by atoms with Gasteiger partial charge in [-0.1, -0.05) is 98.7 Å². The molecule has 17 aliphatic rings. The molecule has 1 aliphatic heterocycles. The lowest BCUT2D eigenvalue weighted by atomic mass is 9.42. The van der Waals surface area contributed by atoms with Crippen molar-refractivity contribution in [2.75, 3.05) is 11.4 Å². The van der Waals surface area contributed by atoms with Gasteiger partial charge in [0.15, 0.2) is 0 Å². The number of aromatic hydroxyl groups is 1. The predicted octanol–water partition coefficient (Wildman–Crippen LogP) is 12.4. The van der Waals surface area contributed by atoms with Crippen molar-refractivity contribution >= 4 is 5.69 Å². The van der Waals surface area contributed by atoms with Crippen molar-refractivity contribution in [2.45, 2.75) is 122 Å². The van der Waals surface area contributed by atoms with Gasteiger partial charge in [0.2, 0.25) is 0 Å². The van der Waals surface area contributed by atoms with E-state index >= 15 is 0 Å². The van der Waals surface area contributed by atoms with Crippen LogP contribution in [0.1, 0.15) is 116 Å². The molecule has 18 rings (SSSR count). The van der Waals surface area contributed by atoms with Gasteiger partial charge in [0, 0.05) is 35.5 Å². The summed E-state index contributed by atoms with van der Waals surface area (Å²) in [6.45, 7) is 3.64.